The molecule has 5 N–H and O–H groups in total. The van der Waals surface area contributed by atoms with E-state index in [9.17, 15) is 19.4 Å². The summed E-state index contributed by atoms with van der Waals surface area (Å²) in [6, 6.07) is 12.0. The SMILES string of the molecule is Cc1c(N)ccc(C(O)C(O)CCNC(=O)OCc2ccccc2)c1F. The van der Waals surface area contributed by atoms with Crippen LogP contribution in [0.15, 0.2) is 42.5 Å². The van der Waals surface area contributed by atoms with Crippen LogP contribution in [0.5, 0.6) is 0 Å². The highest BCUT2D eigenvalue weighted by molar-refractivity contribution is 5.67. The number of benzene rings is 2. The lowest BCUT2D eigenvalue weighted by Crippen LogP contribution is -2.30. The smallest absolute Gasteiger partial charge is 0.407 e. The number of aliphatic hydroxyl groups is 2. The maximum absolute atomic E-state index is 14.1. The summed E-state index contributed by atoms with van der Waals surface area (Å²) in [5.41, 5.74) is 6.92. The third-order valence-corrected chi connectivity index (χ3v) is 4.06. The molecule has 26 heavy (non-hydrogen) atoms. The molecule has 0 fully saturated rings. The van der Waals surface area contributed by atoms with Gasteiger partial charge in [-0.05, 0) is 25.0 Å². The molecule has 0 saturated carbocycles. The number of aliphatic hydroxyl groups excluding tert-OH is 2. The molecule has 6 nitrogen and oxygen atoms in total. The minimum atomic E-state index is -1.42. The van der Waals surface area contributed by atoms with E-state index in [-0.39, 0.29) is 36.4 Å². The molecule has 7 heteroatoms. The van der Waals surface area contributed by atoms with E-state index in [0.717, 1.165) is 5.56 Å². The van der Waals surface area contributed by atoms with E-state index in [2.05, 4.69) is 5.32 Å². The lowest BCUT2D eigenvalue weighted by molar-refractivity contribution is 0.0116. The van der Waals surface area contributed by atoms with Crippen LogP contribution in [0.1, 0.15) is 29.2 Å². The second-order valence-corrected chi connectivity index (χ2v) is 5.97. The predicted molar refractivity (Wildman–Crippen MR) is 95.8 cm³/mol. The number of hydrogen-bond donors (Lipinski definition) is 4. The monoisotopic (exact) mass is 362 g/mol. The summed E-state index contributed by atoms with van der Waals surface area (Å²) in [6.07, 6.45) is -3.27. The number of nitrogens with two attached hydrogens (primary N) is 1. The Morgan fingerprint density at radius 3 is 2.62 bits per heavy atom. The third kappa shape index (κ3) is 5.18. The first-order chi connectivity index (χ1) is 12.4. The minimum absolute atomic E-state index is 0.0316. The molecule has 0 heterocycles. The van der Waals surface area contributed by atoms with Crippen LogP contribution in [0.2, 0.25) is 0 Å². The van der Waals surface area contributed by atoms with Crippen molar-refractivity contribution in [1.29, 1.82) is 0 Å². The average molecular weight is 362 g/mol. The molecule has 2 atom stereocenters. The first kappa shape index (κ1) is 19.7. The molecule has 140 valence electrons. The number of carbonyl (C=O) groups excluding carboxylic acids is 1. The zero-order valence-corrected chi connectivity index (χ0v) is 14.5. The molecule has 0 aliphatic carbocycles. The van der Waals surface area contributed by atoms with E-state index in [1.165, 1.54) is 19.1 Å². The van der Waals surface area contributed by atoms with Gasteiger partial charge in [-0.25, -0.2) is 9.18 Å². The van der Waals surface area contributed by atoms with Crippen LogP contribution < -0.4 is 11.1 Å². The van der Waals surface area contributed by atoms with Gasteiger partial charge in [-0.2, -0.15) is 0 Å². The third-order valence-electron chi connectivity index (χ3n) is 4.06. The highest BCUT2D eigenvalue weighted by atomic mass is 19.1. The summed E-state index contributed by atoms with van der Waals surface area (Å²) in [4.78, 5) is 11.6. The molecule has 0 radical (unpaired) electrons. The van der Waals surface area contributed by atoms with Crippen molar-refractivity contribution in [3.63, 3.8) is 0 Å². The zero-order chi connectivity index (χ0) is 19.1. The van der Waals surface area contributed by atoms with Crippen molar-refractivity contribution in [1.82, 2.24) is 5.32 Å². The minimum Gasteiger partial charge on any atom is -0.445 e. The molecule has 0 saturated heterocycles. The Bertz CT molecular complexity index is 740. The Morgan fingerprint density at radius 1 is 1.23 bits per heavy atom. The number of hydrogen-bond acceptors (Lipinski definition) is 5. The topological polar surface area (TPSA) is 105 Å². The normalized spacial score (nSPS) is 13.1. The van der Waals surface area contributed by atoms with Crippen LogP contribution in [0.3, 0.4) is 0 Å². The Balaban J connectivity index is 1.78. The number of anilines is 1. The molecular weight excluding hydrogens is 339 g/mol. The van der Waals surface area contributed by atoms with E-state index >= 15 is 0 Å². The summed E-state index contributed by atoms with van der Waals surface area (Å²) in [7, 11) is 0. The predicted octanol–water partition coefficient (Wildman–Crippen LogP) is 2.43. The number of nitrogens with one attached hydrogen (secondary N) is 1. The second kappa shape index (κ2) is 9.17. The number of carbonyl (C=O) groups is 1. The quantitative estimate of drug-likeness (QED) is 0.566. The van der Waals surface area contributed by atoms with Crippen molar-refractivity contribution in [3.8, 4) is 0 Å². The van der Waals surface area contributed by atoms with Gasteiger partial charge in [0.05, 0.1) is 6.10 Å². The molecule has 0 aliphatic heterocycles. The van der Waals surface area contributed by atoms with Gasteiger partial charge in [0, 0.05) is 23.4 Å². The summed E-state index contributed by atoms with van der Waals surface area (Å²) in [5.74, 6) is -0.646. The first-order valence-corrected chi connectivity index (χ1v) is 8.25. The summed E-state index contributed by atoms with van der Waals surface area (Å²) >= 11 is 0. The van der Waals surface area contributed by atoms with Crippen molar-refractivity contribution in [2.75, 3.05) is 12.3 Å². The Morgan fingerprint density at radius 2 is 1.92 bits per heavy atom. The van der Waals surface area contributed by atoms with Crippen LogP contribution in [0.4, 0.5) is 14.9 Å². The van der Waals surface area contributed by atoms with Gasteiger partial charge in [0.1, 0.15) is 18.5 Å². The first-order valence-electron chi connectivity index (χ1n) is 8.25. The Kier molecular flexibility index (Phi) is 6.94. The highest BCUT2D eigenvalue weighted by Crippen LogP contribution is 2.26. The van der Waals surface area contributed by atoms with Gasteiger partial charge in [0.25, 0.3) is 0 Å². The molecule has 2 aromatic rings. The van der Waals surface area contributed by atoms with Gasteiger partial charge < -0.3 is 26.0 Å². The highest BCUT2D eigenvalue weighted by Gasteiger charge is 2.23. The standard InChI is InChI=1S/C19H23FN2O4/c1-12-15(21)8-7-14(17(12)20)18(24)16(23)9-10-22-19(25)26-11-13-5-3-2-4-6-13/h2-8,16,18,23-24H,9-11,21H2,1H3,(H,22,25). The van der Waals surface area contributed by atoms with Gasteiger partial charge in [-0.1, -0.05) is 36.4 Å². The fourth-order valence-electron chi connectivity index (χ4n) is 2.41. The molecule has 0 spiro atoms. The lowest BCUT2D eigenvalue weighted by atomic mass is 9.99. The summed E-state index contributed by atoms with van der Waals surface area (Å²) in [5, 5.41) is 22.6. The molecule has 1 amide bonds. The van der Waals surface area contributed by atoms with E-state index < -0.39 is 24.1 Å². The van der Waals surface area contributed by atoms with Crippen LogP contribution in [-0.4, -0.2) is 29.0 Å². The van der Waals surface area contributed by atoms with Gasteiger partial charge in [-0.3, -0.25) is 0 Å². The number of rotatable bonds is 7. The van der Waals surface area contributed by atoms with E-state index in [1.54, 1.807) is 0 Å². The van der Waals surface area contributed by atoms with Crippen molar-refractivity contribution >= 4 is 11.8 Å². The Labute approximate surface area is 151 Å². The van der Waals surface area contributed by atoms with Crippen LogP contribution in [-0.2, 0) is 11.3 Å². The van der Waals surface area contributed by atoms with Crippen LogP contribution in [0.25, 0.3) is 0 Å². The van der Waals surface area contributed by atoms with E-state index in [1.807, 2.05) is 30.3 Å². The fourth-order valence-corrected chi connectivity index (χ4v) is 2.41. The largest absolute Gasteiger partial charge is 0.445 e. The maximum Gasteiger partial charge on any atom is 0.407 e. The fraction of sp³-hybridized carbons (Fsp3) is 0.316. The van der Waals surface area contributed by atoms with Crippen LogP contribution >= 0.6 is 0 Å². The zero-order valence-electron chi connectivity index (χ0n) is 14.5. The van der Waals surface area contributed by atoms with Gasteiger partial charge >= 0.3 is 6.09 Å². The van der Waals surface area contributed by atoms with Crippen molar-refractivity contribution in [3.05, 3.63) is 65.0 Å². The van der Waals surface area contributed by atoms with E-state index in [0.29, 0.717) is 0 Å². The molecule has 0 aliphatic rings. The molecule has 2 aromatic carbocycles. The molecule has 0 bridgehead atoms. The van der Waals surface area contributed by atoms with Gasteiger partial charge in [-0.15, -0.1) is 0 Å². The van der Waals surface area contributed by atoms with Gasteiger partial charge in [0.2, 0.25) is 0 Å². The molecule has 2 rings (SSSR count). The number of nitrogen functional groups attached to an aromatic ring is 1. The Hall–Kier alpha value is -2.64. The van der Waals surface area contributed by atoms with Crippen molar-refractivity contribution in [2.24, 2.45) is 0 Å². The average Bonchev–Trinajstić information content (AvgIpc) is 2.65. The second-order valence-electron chi connectivity index (χ2n) is 5.97. The molecule has 0 aromatic heterocycles. The number of ether oxygens (including phenoxy) is 1. The van der Waals surface area contributed by atoms with Crippen molar-refractivity contribution < 1.29 is 24.1 Å². The van der Waals surface area contributed by atoms with Crippen molar-refractivity contribution in [2.45, 2.75) is 32.2 Å². The summed E-state index contributed by atoms with van der Waals surface area (Å²) < 4.78 is 19.2. The molecular formula is C19H23FN2O4. The van der Waals surface area contributed by atoms with Crippen LogP contribution in [0, 0.1) is 12.7 Å². The number of halogens is 1. The molecule has 2 unspecified atom stereocenters. The maximum atomic E-state index is 14.1. The summed E-state index contributed by atoms with van der Waals surface area (Å²) in [6.45, 7) is 1.70. The van der Waals surface area contributed by atoms with Gasteiger partial charge in [0.15, 0.2) is 0 Å². The number of alkyl carbamates (subject to hydrolysis) is 1. The lowest BCUT2D eigenvalue weighted by Gasteiger charge is -2.20. The number of amides is 1. The van der Waals surface area contributed by atoms with E-state index in [4.69, 9.17) is 10.5 Å².